The van der Waals surface area contributed by atoms with Crippen molar-refractivity contribution >= 4 is 17.4 Å². The third-order valence-electron chi connectivity index (χ3n) is 3.59. The molecule has 0 N–H and O–H groups in total. The van der Waals surface area contributed by atoms with Gasteiger partial charge in [-0.1, -0.05) is 0 Å². The minimum atomic E-state index is -0.325. The second-order valence-corrected chi connectivity index (χ2v) is 5.67. The quantitative estimate of drug-likeness (QED) is 0.771. The van der Waals surface area contributed by atoms with E-state index in [4.69, 9.17) is 11.6 Å². The molecule has 2 rings (SSSR count). The van der Waals surface area contributed by atoms with E-state index in [0.717, 1.165) is 50.6 Å². The summed E-state index contributed by atoms with van der Waals surface area (Å²) in [6.07, 6.45) is 1.27. The Kier molecular flexibility index (Phi) is 5.57. The van der Waals surface area contributed by atoms with Crippen molar-refractivity contribution in [3.05, 3.63) is 23.6 Å². The van der Waals surface area contributed by atoms with E-state index in [1.165, 1.54) is 12.3 Å². The molecular formula is C14H22ClFN4. The molecule has 1 aliphatic rings. The number of hydrogen-bond acceptors (Lipinski definition) is 4. The molecule has 0 aromatic carbocycles. The summed E-state index contributed by atoms with van der Waals surface area (Å²) in [6.45, 7) is 6.00. The van der Waals surface area contributed by atoms with E-state index in [2.05, 4.69) is 33.8 Å². The van der Waals surface area contributed by atoms with E-state index < -0.39 is 0 Å². The van der Waals surface area contributed by atoms with Crippen LogP contribution in [-0.4, -0.2) is 68.1 Å². The first kappa shape index (κ1) is 15.5. The van der Waals surface area contributed by atoms with Crippen LogP contribution in [0.25, 0.3) is 0 Å². The standard InChI is InChI=1S/C14H22ClFN4/c1-18(2)3-4-19-5-7-20(8-6-19)14-12(10-15)9-13(16)11-17-14/h9,11H,3-8,10H2,1-2H3. The van der Waals surface area contributed by atoms with Gasteiger partial charge >= 0.3 is 0 Å². The van der Waals surface area contributed by atoms with Crippen LogP contribution in [0.1, 0.15) is 5.56 Å². The number of anilines is 1. The zero-order chi connectivity index (χ0) is 14.5. The molecule has 1 fully saturated rings. The lowest BCUT2D eigenvalue weighted by Gasteiger charge is -2.36. The molecular weight excluding hydrogens is 279 g/mol. The molecule has 0 radical (unpaired) electrons. The molecule has 1 aromatic rings. The van der Waals surface area contributed by atoms with Crippen LogP contribution >= 0.6 is 11.6 Å². The first-order valence-electron chi connectivity index (χ1n) is 6.92. The van der Waals surface area contributed by atoms with Gasteiger partial charge in [0.15, 0.2) is 0 Å². The predicted molar refractivity (Wildman–Crippen MR) is 81.0 cm³/mol. The van der Waals surface area contributed by atoms with Crippen molar-refractivity contribution in [2.75, 3.05) is 58.3 Å². The Morgan fingerprint density at radius 1 is 1.30 bits per heavy atom. The summed E-state index contributed by atoms with van der Waals surface area (Å²) < 4.78 is 13.2. The number of alkyl halides is 1. The lowest BCUT2D eigenvalue weighted by Crippen LogP contribution is -2.48. The second-order valence-electron chi connectivity index (χ2n) is 5.40. The van der Waals surface area contributed by atoms with Crippen molar-refractivity contribution in [2.24, 2.45) is 0 Å². The SMILES string of the molecule is CN(C)CCN1CCN(c2ncc(F)cc2CCl)CC1. The van der Waals surface area contributed by atoms with E-state index in [9.17, 15) is 4.39 Å². The van der Waals surface area contributed by atoms with Crippen molar-refractivity contribution in [1.82, 2.24) is 14.8 Å². The molecule has 0 unspecified atom stereocenters. The molecule has 0 aliphatic carbocycles. The fourth-order valence-electron chi connectivity index (χ4n) is 2.38. The van der Waals surface area contributed by atoms with Crippen molar-refractivity contribution in [3.63, 3.8) is 0 Å². The molecule has 2 heterocycles. The summed E-state index contributed by atoms with van der Waals surface area (Å²) >= 11 is 5.89. The number of likely N-dealkylation sites (N-methyl/N-ethyl adjacent to an activating group) is 1. The first-order valence-corrected chi connectivity index (χ1v) is 7.46. The van der Waals surface area contributed by atoms with Gasteiger partial charge in [-0.15, -0.1) is 11.6 Å². The predicted octanol–water partition coefficient (Wildman–Crippen LogP) is 1.64. The second kappa shape index (κ2) is 7.20. The molecule has 4 nitrogen and oxygen atoms in total. The molecule has 6 heteroatoms. The number of halogens is 2. The van der Waals surface area contributed by atoms with Crippen LogP contribution in [-0.2, 0) is 5.88 Å². The Morgan fingerprint density at radius 2 is 2.00 bits per heavy atom. The topological polar surface area (TPSA) is 22.6 Å². The maximum atomic E-state index is 13.2. The molecule has 0 atom stereocenters. The summed E-state index contributed by atoms with van der Waals surface area (Å²) in [7, 11) is 4.18. The van der Waals surface area contributed by atoms with Crippen LogP contribution < -0.4 is 4.90 Å². The average molecular weight is 301 g/mol. The highest BCUT2D eigenvalue weighted by molar-refractivity contribution is 6.17. The Morgan fingerprint density at radius 3 is 2.60 bits per heavy atom. The van der Waals surface area contributed by atoms with Gasteiger partial charge in [-0.05, 0) is 20.2 Å². The number of nitrogens with zero attached hydrogens (tertiary/aromatic N) is 4. The van der Waals surface area contributed by atoms with Crippen LogP contribution in [0, 0.1) is 5.82 Å². The van der Waals surface area contributed by atoms with Gasteiger partial charge in [0.2, 0.25) is 0 Å². The highest BCUT2D eigenvalue weighted by Gasteiger charge is 2.20. The molecule has 0 amide bonds. The molecule has 1 saturated heterocycles. The maximum Gasteiger partial charge on any atom is 0.141 e. The summed E-state index contributed by atoms with van der Waals surface area (Å²) in [4.78, 5) is 11.0. The zero-order valence-electron chi connectivity index (χ0n) is 12.1. The minimum Gasteiger partial charge on any atom is -0.354 e. The summed E-state index contributed by atoms with van der Waals surface area (Å²) in [6, 6.07) is 1.48. The molecule has 0 bridgehead atoms. The smallest absolute Gasteiger partial charge is 0.141 e. The molecule has 1 aromatic heterocycles. The first-order chi connectivity index (χ1) is 9.60. The van der Waals surface area contributed by atoms with Gasteiger partial charge in [0.1, 0.15) is 11.6 Å². The van der Waals surface area contributed by atoms with Gasteiger partial charge in [-0.3, -0.25) is 4.90 Å². The Balaban J connectivity index is 1.93. The van der Waals surface area contributed by atoms with Gasteiger partial charge in [-0.25, -0.2) is 9.37 Å². The third kappa shape index (κ3) is 4.04. The van der Waals surface area contributed by atoms with Crippen LogP contribution in [0.4, 0.5) is 10.2 Å². The van der Waals surface area contributed by atoms with Gasteiger partial charge in [0.25, 0.3) is 0 Å². The summed E-state index contributed by atoms with van der Waals surface area (Å²) in [5.74, 6) is 0.795. The third-order valence-corrected chi connectivity index (χ3v) is 3.88. The lowest BCUT2D eigenvalue weighted by molar-refractivity contribution is 0.229. The Bertz CT molecular complexity index is 433. The van der Waals surface area contributed by atoms with Crippen LogP contribution in [0.15, 0.2) is 12.3 Å². The number of aromatic nitrogens is 1. The molecule has 112 valence electrons. The van der Waals surface area contributed by atoms with Gasteiger partial charge < -0.3 is 9.80 Å². The van der Waals surface area contributed by atoms with Crippen molar-refractivity contribution in [3.8, 4) is 0 Å². The summed E-state index contributed by atoms with van der Waals surface area (Å²) in [5.41, 5.74) is 0.772. The lowest BCUT2D eigenvalue weighted by atomic mass is 10.2. The Labute approximate surface area is 125 Å². The zero-order valence-corrected chi connectivity index (χ0v) is 12.9. The maximum absolute atomic E-state index is 13.2. The fourth-order valence-corrected chi connectivity index (χ4v) is 2.58. The minimum absolute atomic E-state index is 0.293. The number of hydrogen-bond donors (Lipinski definition) is 0. The highest BCUT2D eigenvalue weighted by atomic mass is 35.5. The van der Waals surface area contributed by atoms with Gasteiger partial charge in [-0.2, -0.15) is 0 Å². The average Bonchev–Trinajstić information content (AvgIpc) is 2.45. The van der Waals surface area contributed by atoms with Gasteiger partial charge in [0, 0.05) is 44.8 Å². The van der Waals surface area contributed by atoms with Crippen LogP contribution in [0.5, 0.6) is 0 Å². The monoisotopic (exact) mass is 300 g/mol. The number of pyridine rings is 1. The molecule has 1 aliphatic heterocycles. The van der Waals surface area contributed by atoms with Crippen molar-refractivity contribution < 1.29 is 4.39 Å². The van der Waals surface area contributed by atoms with Crippen LogP contribution in [0.3, 0.4) is 0 Å². The molecule has 0 saturated carbocycles. The van der Waals surface area contributed by atoms with E-state index >= 15 is 0 Å². The van der Waals surface area contributed by atoms with Gasteiger partial charge in [0.05, 0.1) is 12.1 Å². The van der Waals surface area contributed by atoms with E-state index in [0.29, 0.717) is 5.88 Å². The normalized spacial score (nSPS) is 16.9. The Hall–Kier alpha value is -0.910. The van der Waals surface area contributed by atoms with Crippen molar-refractivity contribution in [2.45, 2.75) is 5.88 Å². The van der Waals surface area contributed by atoms with Crippen LogP contribution in [0.2, 0.25) is 0 Å². The number of rotatable bonds is 5. The fraction of sp³-hybridized carbons (Fsp3) is 0.643. The highest BCUT2D eigenvalue weighted by Crippen LogP contribution is 2.21. The molecule has 0 spiro atoms. The van der Waals surface area contributed by atoms with E-state index in [1.807, 2.05) is 0 Å². The molecule has 20 heavy (non-hydrogen) atoms. The van der Waals surface area contributed by atoms with E-state index in [-0.39, 0.29) is 5.82 Å². The largest absolute Gasteiger partial charge is 0.354 e. The number of piperazine rings is 1. The summed E-state index contributed by atoms with van der Waals surface area (Å²) in [5, 5.41) is 0. The van der Waals surface area contributed by atoms with Crippen molar-refractivity contribution in [1.29, 1.82) is 0 Å². The van der Waals surface area contributed by atoms with E-state index in [1.54, 1.807) is 0 Å².